The van der Waals surface area contributed by atoms with Gasteiger partial charge in [-0.15, -0.1) is 0 Å². The first-order valence-corrected chi connectivity index (χ1v) is 6.15. The predicted molar refractivity (Wildman–Crippen MR) is 73.4 cm³/mol. The molecular weight excluding hydrogens is 265 g/mol. The number of nitrogens with zero attached hydrogens (tertiary/aromatic N) is 1. The average Bonchev–Trinajstić information content (AvgIpc) is 2.45. The maximum absolute atomic E-state index is 13.1. The van der Waals surface area contributed by atoms with Crippen molar-refractivity contribution in [2.24, 2.45) is 16.8 Å². The molecule has 0 heterocycles. The van der Waals surface area contributed by atoms with Crippen molar-refractivity contribution in [3.05, 3.63) is 24.0 Å². The Labute approximate surface area is 116 Å². The zero-order chi connectivity index (χ0) is 15.1. The Bertz CT molecular complexity index is 506. The van der Waals surface area contributed by atoms with Crippen LogP contribution >= 0.6 is 0 Å². The van der Waals surface area contributed by atoms with E-state index >= 15 is 0 Å². The van der Waals surface area contributed by atoms with Gasteiger partial charge < -0.3 is 21.0 Å². The summed E-state index contributed by atoms with van der Waals surface area (Å²) < 4.78 is 18.1. The number of hydrogen-bond donors (Lipinski definition) is 3. The quantitative estimate of drug-likeness (QED) is 0.321. The summed E-state index contributed by atoms with van der Waals surface area (Å²) >= 11 is 0. The molecule has 0 saturated carbocycles. The Morgan fingerprint density at radius 1 is 1.60 bits per heavy atom. The molecule has 0 aliphatic rings. The second-order valence-corrected chi connectivity index (χ2v) is 4.20. The molecule has 0 radical (unpaired) electrons. The molecule has 4 N–H and O–H groups in total. The van der Waals surface area contributed by atoms with E-state index in [1.165, 1.54) is 19.2 Å². The third kappa shape index (κ3) is 3.84. The average molecular weight is 283 g/mol. The van der Waals surface area contributed by atoms with E-state index in [1.807, 2.05) is 6.92 Å². The monoisotopic (exact) mass is 283 g/mol. The van der Waals surface area contributed by atoms with E-state index in [0.29, 0.717) is 18.5 Å². The van der Waals surface area contributed by atoms with Crippen molar-refractivity contribution in [2.75, 3.05) is 12.4 Å². The van der Waals surface area contributed by atoms with Gasteiger partial charge in [-0.2, -0.15) is 0 Å². The van der Waals surface area contributed by atoms with Crippen molar-refractivity contribution in [1.82, 2.24) is 0 Å². The Morgan fingerprint density at radius 2 is 2.30 bits per heavy atom. The molecule has 0 saturated heterocycles. The molecule has 1 amide bonds. The molecule has 1 aromatic carbocycles. The highest BCUT2D eigenvalue weighted by molar-refractivity contribution is 6.08. The summed E-state index contributed by atoms with van der Waals surface area (Å²) in [5.41, 5.74) is 5.83. The SMILES string of the molecule is CCCC(C(=O)Nc1ccc(F)cc1OC)C(N)=NO. The number of carbonyl (C=O) groups is 1. The third-order valence-corrected chi connectivity index (χ3v) is 2.79. The third-order valence-electron chi connectivity index (χ3n) is 2.79. The van der Waals surface area contributed by atoms with Crippen LogP contribution in [0.1, 0.15) is 19.8 Å². The number of anilines is 1. The van der Waals surface area contributed by atoms with Crippen molar-refractivity contribution < 1.29 is 19.1 Å². The van der Waals surface area contributed by atoms with Gasteiger partial charge in [0.25, 0.3) is 0 Å². The Kier molecular flexibility index (Phi) is 5.76. The number of hydrogen-bond acceptors (Lipinski definition) is 4. The number of methoxy groups -OCH3 is 1. The number of nitrogens with two attached hydrogens (primary N) is 1. The fourth-order valence-corrected chi connectivity index (χ4v) is 1.76. The number of carbonyl (C=O) groups excluding carboxylic acids is 1. The van der Waals surface area contributed by atoms with Gasteiger partial charge in [0.1, 0.15) is 11.6 Å². The number of ether oxygens (including phenoxy) is 1. The highest BCUT2D eigenvalue weighted by atomic mass is 19.1. The first kappa shape index (κ1) is 15.7. The standard InChI is InChI=1S/C13H18FN3O3/c1-3-4-9(12(15)17-19)13(18)16-10-6-5-8(14)7-11(10)20-2/h5-7,9,19H,3-4H2,1-2H3,(H2,15,17)(H,16,18). The summed E-state index contributed by atoms with van der Waals surface area (Å²) in [6.45, 7) is 1.88. The maximum Gasteiger partial charge on any atom is 0.235 e. The van der Waals surface area contributed by atoms with Crippen LogP contribution in [-0.2, 0) is 4.79 Å². The molecule has 0 aliphatic heterocycles. The van der Waals surface area contributed by atoms with Gasteiger partial charge >= 0.3 is 0 Å². The van der Waals surface area contributed by atoms with Gasteiger partial charge in [-0.3, -0.25) is 4.79 Å². The lowest BCUT2D eigenvalue weighted by Crippen LogP contribution is -2.34. The summed E-state index contributed by atoms with van der Waals surface area (Å²) in [5.74, 6) is -1.62. The molecule has 20 heavy (non-hydrogen) atoms. The normalized spacial score (nSPS) is 12.8. The van der Waals surface area contributed by atoms with Gasteiger partial charge in [0.15, 0.2) is 5.84 Å². The van der Waals surface area contributed by atoms with Gasteiger partial charge in [0.05, 0.1) is 18.7 Å². The minimum atomic E-state index is -0.750. The first-order valence-electron chi connectivity index (χ1n) is 6.15. The molecule has 1 unspecified atom stereocenters. The van der Waals surface area contributed by atoms with Crippen molar-refractivity contribution in [1.29, 1.82) is 0 Å². The van der Waals surface area contributed by atoms with E-state index in [9.17, 15) is 9.18 Å². The maximum atomic E-state index is 13.1. The Hall–Kier alpha value is -2.31. The topological polar surface area (TPSA) is 96.9 Å². The minimum Gasteiger partial charge on any atom is -0.494 e. The molecule has 0 fully saturated rings. The molecule has 1 rings (SSSR count). The zero-order valence-electron chi connectivity index (χ0n) is 11.4. The molecule has 7 heteroatoms. The van der Waals surface area contributed by atoms with Crippen LogP contribution in [-0.4, -0.2) is 24.1 Å². The van der Waals surface area contributed by atoms with E-state index in [-0.39, 0.29) is 11.6 Å². The minimum absolute atomic E-state index is 0.162. The lowest BCUT2D eigenvalue weighted by atomic mass is 10.0. The van der Waals surface area contributed by atoms with Crippen LogP contribution in [0.25, 0.3) is 0 Å². The first-order chi connectivity index (χ1) is 9.53. The van der Waals surface area contributed by atoms with Crippen molar-refractivity contribution in [3.63, 3.8) is 0 Å². The van der Waals surface area contributed by atoms with E-state index in [4.69, 9.17) is 15.7 Å². The van der Waals surface area contributed by atoms with Crippen LogP contribution in [0.4, 0.5) is 10.1 Å². The van der Waals surface area contributed by atoms with Crippen molar-refractivity contribution >= 4 is 17.4 Å². The molecule has 110 valence electrons. The molecular formula is C13H18FN3O3. The summed E-state index contributed by atoms with van der Waals surface area (Å²) in [4.78, 5) is 12.1. The summed E-state index contributed by atoms with van der Waals surface area (Å²) in [5, 5.41) is 14.1. The number of amides is 1. The lowest BCUT2D eigenvalue weighted by molar-refractivity contribution is -0.118. The lowest BCUT2D eigenvalue weighted by Gasteiger charge is -2.16. The molecule has 0 aromatic heterocycles. The van der Waals surface area contributed by atoms with Gasteiger partial charge in [-0.05, 0) is 18.6 Å². The van der Waals surface area contributed by atoms with Gasteiger partial charge in [0.2, 0.25) is 5.91 Å². The Balaban J connectivity index is 2.93. The zero-order valence-corrected chi connectivity index (χ0v) is 11.4. The van der Waals surface area contributed by atoms with Crippen molar-refractivity contribution in [3.8, 4) is 5.75 Å². The van der Waals surface area contributed by atoms with Crippen LogP contribution in [0, 0.1) is 11.7 Å². The fourth-order valence-electron chi connectivity index (χ4n) is 1.76. The molecule has 6 nitrogen and oxygen atoms in total. The second-order valence-electron chi connectivity index (χ2n) is 4.20. The summed E-state index contributed by atoms with van der Waals surface area (Å²) in [6, 6.07) is 3.76. The Morgan fingerprint density at radius 3 is 2.85 bits per heavy atom. The predicted octanol–water partition coefficient (Wildman–Crippen LogP) is 1.94. The number of oxime groups is 1. The van der Waals surface area contributed by atoms with Crippen LogP contribution < -0.4 is 15.8 Å². The molecule has 1 atom stereocenters. The largest absolute Gasteiger partial charge is 0.494 e. The van der Waals surface area contributed by atoms with Crippen LogP contribution in [0.5, 0.6) is 5.75 Å². The number of benzene rings is 1. The van der Waals surface area contributed by atoms with Gasteiger partial charge in [0, 0.05) is 6.07 Å². The fraction of sp³-hybridized carbons (Fsp3) is 0.385. The number of nitrogens with one attached hydrogen (secondary N) is 1. The van der Waals surface area contributed by atoms with E-state index in [0.717, 1.165) is 6.07 Å². The van der Waals surface area contributed by atoms with Gasteiger partial charge in [-0.1, -0.05) is 18.5 Å². The van der Waals surface area contributed by atoms with E-state index < -0.39 is 17.6 Å². The van der Waals surface area contributed by atoms with E-state index in [1.54, 1.807) is 0 Å². The summed E-state index contributed by atoms with van der Waals surface area (Å²) in [6.07, 6.45) is 1.13. The molecule has 0 spiro atoms. The number of amidine groups is 1. The molecule has 0 aliphatic carbocycles. The second kappa shape index (κ2) is 7.32. The summed E-state index contributed by atoms with van der Waals surface area (Å²) in [7, 11) is 1.37. The van der Waals surface area contributed by atoms with Crippen LogP contribution in [0.15, 0.2) is 23.4 Å². The molecule has 0 bridgehead atoms. The highest BCUT2D eigenvalue weighted by Crippen LogP contribution is 2.25. The molecule has 1 aromatic rings. The van der Waals surface area contributed by atoms with Crippen LogP contribution in [0.2, 0.25) is 0 Å². The number of halogens is 1. The number of rotatable bonds is 6. The van der Waals surface area contributed by atoms with E-state index in [2.05, 4.69) is 10.5 Å². The van der Waals surface area contributed by atoms with Crippen LogP contribution in [0.3, 0.4) is 0 Å². The van der Waals surface area contributed by atoms with Gasteiger partial charge in [-0.25, -0.2) is 4.39 Å². The smallest absolute Gasteiger partial charge is 0.235 e. The van der Waals surface area contributed by atoms with Crippen molar-refractivity contribution in [2.45, 2.75) is 19.8 Å². The highest BCUT2D eigenvalue weighted by Gasteiger charge is 2.23.